The van der Waals surface area contributed by atoms with Crippen molar-refractivity contribution in [3.63, 3.8) is 0 Å². The average Bonchev–Trinajstić information content (AvgIpc) is 2.32. The maximum atomic E-state index is 12.7. The van der Waals surface area contributed by atoms with E-state index < -0.39 is 0 Å². The first-order chi connectivity index (χ1) is 8.15. The van der Waals surface area contributed by atoms with Gasteiger partial charge in [0.05, 0.1) is 11.7 Å². The lowest BCUT2D eigenvalue weighted by molar-refractivity contribution is 0.625. The van der Waals surface area contributed by atoms with E-state index in [4.69, 9.17) is 5.73 Å². The Bertz CT molecular complexity index is 496. The largest absolute Gasteiger partial charge is 0.322 e. The molecule has 2 N–H and O–H groups in total. The van der Waals surface area contributed by atoms with E-state index in [0.717, 1.165) is 11.3 Å². The Kier molecular flexibility index (Phi) is 3.44. The molecule has 4 heteroatoms. The number of hydrogen-bond donors (Lipinski definition) is 1. The summed E-state index contributed by atoms with van der Waals surface area (Å²) in [6.07, 6.45) is 2.33. The topological polar surface area (TPSA) is 51.8 Å². The van der Waals surface area contributed by atoms with Crippen molar-refractivity contribution in [1.29, 1.82) is 0 Å². The molecule has 1 aromatic carbocycles. The number of rotatable bonds is 3. The van der Waals surface area contributed by atoms with Gasteiger partial charge in [-0.05, 0) is 37.1 Å². The highest BCUT2D eigenvalue weighted by Gasteiger charge is 2.09. The smallest absolute Gasteiger partial charge is 0.125 e. The molecule has 0 saturated carbocycles. The molecule has 1 heterocycles. The molecule has 2 aromatic rings. The van der Waals surface area contributed by atoms with Gasteiger partial charge in [-0.1, -0.05) is 12.1 Å². The van der Waals surface area contributed by atoms with Gasteiger partial charge in [-0.25, -0.2) is 14.4 Å². The minimum absolute atomic E-state index is 0.192. The summed E-state index contributed by atoms with van der Waals surface area (Å²) in [4.78, 5) is 8.30. The number of nitrogens with two attached hydrogens (primary N) is 1. The highest BCUT2D eigenvalue weighted by molar-refractivity contribution is 5.19. The van der Waals surface area contributed by atoms with Gasteiger partial charge in [0, 0.05) is 6.20 Å². The van der Waals surface area contributed by atoms with E-state index in [1.165, 1.54) is 12.1 Å². The zero-order chi connectivity index (χ0) is 12.3. The molecule has 2 rings (SSSR count). The second kappa shape index (κ2) is 5.01. The van der Waals surface area contributed by atoms with E-state index in [-0.39, 0.29) is 11.9 Å². The number of benzene rings is 1. The number of nitrogens with zero attached hydrogens (tertiary/aromatic N) is 2. The summed E-state index contributed by atoms with van der Waals surface area (Å²) in [5, 5.41) is 0. The first-order valence-corrected chi connectivity index (χ1v) is 5.45. The molecule has 88 valence electrons. The molecular formula is C13H14FN3. The molecule has 1 atom stereocenters. The zero-order valence-corrected chi connectivity index (χ0v) is 9.60. The number of aryl methyl sites for hydroxylation is 1. The molecule has 0 saturated heterocycles. The molecule has 0 spiro atoms. The molecule has 0 radical (unpaired) electrons. The molecular weight excluding hydrogens is 217 g/mol. The summed E-state index contributed by atoms with van der Waals surface area (Å²) in [5.74, 6) is 0.470. The lowest BCUT2D eigenvalue weighted by atomic mass is 10.0. The Morgan fingerprint density at radius 1 is 1.24 bits per heavy atom. The van der Waals surface area contributed by atoms with Gasteiger partial charge in [-0.15, -0.1) is 0 Å². The lowest BCUT2D eigenvalue weighted by Gasteiger charge is -2.11. The summed E-state index contributed by atoms with van der Waals surface area (Å²) in [6, 6.07) is 7.97. The second-order valence-corrected chi connectivity index (χ2v) is 3.97. The van der Waals surface area contributed by atoms with Crippen molar-refractivity contribution in [1.82, 2.24) is 9.97 Å². The third-order valence-corrected chi connectivity index (χ3v) is 2.55. The SMILES string of the molecule is Cc1nccc(C(N)Cc2ccc(F)cc2)n1. The van der Waals surface area contributed by atoms with Crippen LogP contribution >= 0.6 is 0 Å². The van der Waals surface area contributed by atoms with Crippen molar-refractivity contribution in [3.05, 3.63) is 59.4 Å². The molecule has 0 fully saturated rings. The van der Waals surface area contributed by atoms with Crippen molar-refractivity contribution in [2.24, 2.45) is 5.73 Å². The normalized spacial score (nSPS) is 12.4. The van der Waals surface area contributed by atoms with Crippen molar-refractivity contribution >= 4 is 0 Å². The highest BCUT2D eigenvalue weighted by atomic mass is 19.1. The van der Waals surface area contributed by atoms with Crippen LogP contribution in [0.1, 0.15) is 23.1 Å². The Morgan fingerprint density at radius 2 is 1.94 bits per heavy atom. The lowest BCUT2D eigenvalue weighted by Crippen LogP contribution is -2.15. The van der Waals surface area contributed by atoms with Crippen LogP contribution in [0.4, 0.5) is 4.39 Å². The van der Waals surface area contributed by atoms with E-state index in [9.17, 15) is 4.39 Å². The number of hydrogen-bond acceptors (Lipinski definition) is 3. The van der Waals surface area contributed by atoms with Crippen LogP contribution in [0.15, 0.2) is 36.5 Å². The summed E-state index contributed by atoms with van der Waals surface area (Å²) in [5.41, 5.74) is 7.85. The van der Waals surface area contributed by atoms with Crippen LogP contribution < -0.4 is 5.73 Å². The summed E-state index contributed by atoms with van der Waals surface area (Å²) < 4.78 is 12.7. The average molecular weight is 231 g/mol. The minimum atomic E-state index is -0.236. The van der Waals surface area contributed by atoms with Crippen molar-refractivity contribution in [2.75, 3.05) is 0 Å². The first kappa shape index (κ1) is 11.7. The monoisotopic (exact) mass is 231 g/mol. The van der Waals surface area contributed by atoms with Crippen molar-refractivity contribution in [2.45, 2.75) is 19.4 Å². The predicted molar refractivity (Wildman–Crippen MR) is 63.8 cm³/mol. The number of aromatic nitrogens is 2. The Balaban J connectivity index is 2.11. The van der Waals surface area contributed by atoms with E-state index >= 15 is 0 Å². The van der Waals surface area contributed by atoms with Crippen molar-refractivity contribution < 1.29 is 4.39 Å². The Labute approximate surface area is 99.5 Å². The quantitative estimate of drug-likeness (QED) is 0.880. The Morgan fingerprint density at radius 3 is 2.59 bits per heavy atom. The van der Waals surface area contributed by atoms with Crippen LogP contribution in [-0.2, 0) is 6.42 Å². The van der Waals surface area contributed by atoms with E-state index in [1.807, 2.05) is 6.92 Å². The van der Waals surface area contributed by atoms with Gasteiger partial charge in [0.2, 0.25) is 0 Å². The van der Waals surface area contributed by atoms with Gasteiger partial charge < -0.3 is 5.73 Å². The maximum Gasteiger partial charge on any atom is 0.125 e. The second-order valence-electron chi connectivity index (χ2n) is 3.97. The van der Waals surface area contributed by atoms with Gasteiger partial charge in [-0.3, -0.25) is 0 Å². The molecule has 0 bridgehead atoms. The molecule has 17 heavy (non-hydrogen) atoms. The van der Waals surface area contributed by atoms with E-state index in [0.29, 0.717) is 12.2 Å². The van der Waals surface area contributed by atoms with Gasteiger partial charge >= 0.3 is 0 Å². The fourth-order valence-corrected chi connectivity index (χ4v) is 1.66. The first-order valence-electron chi connectivity index (χ1n) is 5.45. The Hall–Kier alpha value is -1.81. The van der Waals surface area contributed by atoms with E-state index in [1.54, 1.807) is 24.4 Å². The van der Waals surface area contributed by atoms with Gasteiger partial charge in [-0.2, -0.15) is 0 Å². The molecule has 3 nitrogen and oxygen atoms in total. The van der Waals surface area contributed by atoms with Crippen LogP contribution in [-0.4, -0.2) is 9.97 Å². The molecule has 0 amide bonds. The maximum absolute atomic E-state index is 12.7. The molecule has 1 aromatic heterocycles. The number of halogens is 1. The molecule has 0 aliphatic carbocycles. The highest BCUT2D eigenvalue weighted by Crippen LogP contribution is 2.14. The zero-order valence-electron chi connectivity index (χ0n) is 9.60. The van der Waals surface area contributed by atoms with Crippen LogP contribution in [0.2, 0.25) is 0 Å². The molecule has 0 aliphatic heterocycles. The van der Waals surface area contributed by atoms with Crippen molar-refractivity contribution in [3.8, 4) is 0 Å². The van der Waals surface area contributed by atoms with Crippen LogP contribution in [0.3, 0.4) is 0 Å². The standard InChI is InChI=1S/C13H14FN3/c1-9-16-7-6-13(17-9)12(15)8-10-2-4-11(14)5-3-10/h2-7,12H,8,15H2,1H3. The van der Waals surface area contributed by atoms with Gasteiger partial charge in [0.15, 0.2) is 0 Å². The molecule has 0 aliphatic rings. The minimum Gasteiger partial charge on any atom is -0.322 e. The van der Waals surface area contributed by atoms with Crippen LogP contribution in [0.25, 0.3) is 0 Å². The molecule has 1 unspecified atom stereocenters. The van der Waals surface area contributed by atoms with Gasteiger partial charge in [0.1, 0.15) is 11.6 Å². The van der Waals surface area contributed by atoms with Crippen LogP contribution in [0.5, 0.6) is 0 Å². The third kappa shape index (κ3) is 3.07. The summed E-state index contributed by atoms with van der Waals surface area (Å²) >= 11 is 0. The van der Waals surface area contributed by atoms with E-state index in [2.05, 4.69) is 9.97 Å². The third-order valence-electron chi connectivity index (χ3n) is 2.55. The summed E-state index contributed by atoms with van der Waals surface area (Å²) in [6.45, 7) is 1.83. The van der Waals surface area contributed by atoms with Gasteiger partial charge in [0.25, 0.3) is 0 Å². The predicted octanol–water partition coefficient (Wildman–Crippen LogP) is 2.17. The fraction of sp³-hybridized carbons (Fsp3) is 0.231. The summed E-state index contributed by atoms with van der Waals surface area (Å²) in [7, 11) is 0. The van der Waals surface area contributed by atoms with Crippen LogP contribution in [0, 0.1) is 12.7 Å². The fourth-order valence-electron chi connectivity index (χ4n) is 1.66.